The number of primary amides is 1. The Morgan fingerprint density at radius 1 is 1.64 bits per heavy atom. The molecule has 0 unspecified atom stereocenters. The summed E-state index contributed by atoms with van der Waals surface area (Å²) in [6, 6.07) is 0. The number of carbonyl (C=O) groups is 1. The largest absolute Gasteiger partial charge is 0.444 e. The fourth-order valence-electron chi connectivity index (χ4n) is 0.816. The fraction of sp³-hybridized carbons (Fsp3) is 0.857. The molecule has 0 radical (unpaired) electrons. The Bertz CT molecular complexity index is 136. The number of rotatable bonds is 4. The second kappa shape index (κ2) is 4.44. The third kappa shape index (κ3) is 5.98. The fourth-order valence-corrected chi connectivity index (χ4v) is 0.950. The summed E-state index contributed by atoms with van der Waals surface area (Å²) in [7, 11) is 0. The number of halogens is 1. The zero-order valence-electron chi connectivity index (χ0n) is 6.89. The summed E-state index contributed by atoms with van der Waals surface area (Å²) >= 11 is 5.47. The molecule has 0 aliphatic rings. The van der Waals surface area contributed by atoms with E-state index in [0.29, 0.717) is 5.88 Å². The molecule has 0 aliphatic heterocycles. The van der Waals surface area contributed by atoms with E-state index in [-0.39, 0.29) is 0 Å². The molecule has 0 bridgehead atoms. The smallest absolute Gasteiger partial charge is 0.405 e. The molecule has 0 saturated carbocycles. The molecule has 0 aromatic carbocycles. The minimum Gasteiger partial charge on any atom is -0.444 e. The number of hydrogen-bond donors (Lipinski definition) is 1. The number of alkyl halides is 1. The first-order valence-corrected chi connectivity index (χ1v) is 4.06. The average molecular weight is 180 g/mol. The van der Waals surface area contributed by atoms with Gasteiger partial charge in [0.05, 0.1) is 0 Å². The van der Waals surface area contributed by atoms with Gasteiger partial charge in [-0.1, -0.05) is 0 Å². The highest BCUT2D eigenvalue weighted by Crippen LogP contribution is 2.16. The van der Waals surface area contributed by atoms with Gasteiger partial charge in [-0.05, 0) is 26.7 Å². The van der Waals surface area contributed by atoms with E-state index in [2.05, 4.69) is 0 Å². The van der Waals surface area contributed by atoms with Crippen molar-refractivity contribution in [2.24, 2.45) is 5.73 Å². The third-order valence-electron chi connectivity index (χ3n) is 1.29. The zero-order chi connectivity index (χ0) is 8.91. The average Bonchev–Trinajstić information content (AvgIpc) is 1.81. The minimum atomic E-state index is -0.732. The molecule has 11 heavy (non-hydrogen) atoms. The second-order valence-corrected chi connectivity index (χ2v) is 3.35. The van der Waals surface area contributed by atoms with Crippen LogP contribution < -0.4 is 5.73 Å². The van der Waals surface area contributed by atoms with E-state index >= 15 is 0 Å². The Hall–Kier alpha value is -0.440. The summed E-state index contributed by atoms with van der Waals surface area (Å²) in [5, 5.41) is 0. The van der Waals surface area contributed by atoms with Crippen LogP contribution in [0.3, 0.4) is 0 Å². The summed E-state index contributed by atoms with van der Waals surface area (Å²) in [5.41, 5.74) is 4.37. The van der Waals surface area contributed by atoms with E-state index in [4.69, 9.17) is 22.1 Å². The molecule has 0 heterocycles. The molecule has 3 nitrogen and oxygen atoms in total. The van der Waals surface area contributed by atoms with Gasteiger partial charge >= 0.3 is 6.09 Å². The van der Waals surface area contributed by atoms with Gasteiger partial charge in [-0.3, -0.25) is 0 Å². The molecule has 0 aliphatic carbocycles. The molecule has 66 valence electrons. The number of ether oxygens (including phenoxy) is 1. The lowest BCUT2D eigenvalue weighted by molar-refractivity contribution is 0.0388. The van der Waals surface area contributed by atoms with Crippen LogP contribution in [0, 0.1) is 0 Å². The van der Waals surface area contributed by atoms with E-state index in [0.717, 1.165) is 12.8 Å². The van der Waals surface area contributed by atoms with Crippen LogP contribution in [-0.4, -0.2) is 17.6 Å². The van der Waals surface area contributed by atoms with E-state index < -0.39 is 11.7 Å². The van der Waals surface area contributed by atoms with Crippen LogP contribution in [0.25, 0.3) is 0 Å². The predicted molar refractivity (Wildman–Crippen MR) is 44.7 cm³/mol. The quantitative estimate of drug-likeness (QED) is 0.670. The van der Waals surface area contributed by atoms with Gasteiger partial charge in [-0.25, -0.2) is 4.79 Å². The van der Waals surface area contributed by atoms with Crippen molar-refractivity contribution >= 4 is 17.7 Å². The normalized spacial score (nSPS) is 11.2. The van der Waals surface area contributed by atoms with E-state index in [9.17, 15) is 4.79 Å². The first-order chi connectivity index (χ1) is 4.98. The van der Waals surface area contributed by atoms with Crippen LogP contribution in [-0.2, 0) is 4.74 Å². The van der Waals surface area contributed by atoms with Crippen LogP contribution in [0.4, 0.5) is 4.79 Å². The van der Waals surface area contributed by atoms with Crippen molar-refractivity contribution in [3.05, 3.63) is 0 Å². The van der Waals surface area contributed by atoms with Crippen molar-refractivity contribution in [2.45, 2.75) is 32.3 Å². The lowest BCUT2D eigenvalue weighted by Gasteiger charge is -2.23. The molecule has 0 fully saturated rings. The lowest BCUT2D eigenvalue weighted by Crippen LogP contribution is -2.31. The Morgan fingerprint density at radius 2 is 2.18 bits per heavy atom. The molecule has 4 heteroatoms. The summed E-state index contributed by atoms with van der Waals surface area (Å²) in [5.74, 6) is 0.575. The molecule has 0 spiro atoms. The lowest BCUT2D eigenvalue weighted by atomic mass is 10.0. The van der Waals surface area contributed by atoms with E-state index in [1.165, 1.54) is 0 Å². The van der Waals surface area contributed by atoms with E-state index in [1.54, 1.807) is 0 Å². The number of amides is 1. The van der Waals surface area contributed by atoms with Gasteiger partial charge in [0.2, 0.25) is 0 Å². The summed E-state index contributed by atoms with van der Waals surface area (Å²) in [4.78, 5) is 10.3. The first-order valence-electron chi connectivity index (χ1n) is 3.52. The van der Waals surface area contributed by atoms with Crippen molar-refractivity contribution in [1.29, 1.82) is 0 Å². The van der Waals surface area contributed by atoms with Crippen molar-refractivity contribution in [3.63, 3.8) is 0 Å². The summed E-state index contributed by atoms with van der Waals surface area (Å²) in [6.07, 6.45) is 0.825. The minimum absolute atomic E-state index is 0.485. The van der Waals surface area contributed by atoms with Gasteiger partial charge in [-0.15, -0.1) is 11.6 Å². The van der Waals surface area contributed by atoms with Crippen LogP contribution in [0.2, 0.25) is 0 Å². The molecular formula is C7H14ClNO2. The number of carbonyl (C=O) groups excluding carboxylic acids is 1. The third-order valence-corrected chi connectivity index (χ3v) is 1.56. The first kappa shape index (κ1) is 10.6. The highest BCUT2D eigenvalue weighted by atomic mass is 35.5. The van der Waals surface area contributed by atoms with Gasteiger partial charge < -0.3 is 10.5 Å². The van der Waals surface area contributed by atoms with Crippen molar-refractivity contribution in [1.82, 2.24) is 0 Å². The topological polar surface area (TPSA) is 52.3 Å². The van der Waals surface area contributed by atoms with Gasteiger partial charge in [-0.2, -0.15) is 0 Å². The monoisotopic (exact) mass is 179 g/mol. The van der Waals surface area contributed by atoms with Crippen molar-refractivity contribution < 1.29 is 9.53 Å². The Kier molecular flexibility index (Phi) is 4.26. The maximum Gasteiger partial charge on any atom is 0.405 e. The number of hydrogen-bond acceptors (Lipinski definition) is 2. The van der Waals surface area contributed by atoms with Crippen LogP contribution in [0.15, 0.2) is 0 Å². The SMILES string of the molecule is CC(C)(CCCCl)OC(N)=O. The second-order valence-electron chi connectivity index (χ2n) is 2.97. The molecule has 0 atom stereocenters. The molecule has 0 rings (SSSR count). The standard InChI is InChI=1S/C7H14ClNO2/c1-7(2,4-3-5-8)11-6(9)10/h3-5H2,1-2H3,(H2,9,10). The summed E-state index contributed by atoms with van der Waals surface area (Å²) < 4.78 is 4.82. The Labute approximate surface area is 71.8 Å². The molecule has 2 N–H and O–H groups in total. The van der Waals surface area contributed by atoms with Gasteiger partial charge in [0.1, 0.15) is 5.60 Å². The zero-order valence-corrected chi connectivity index (χ0v) is 7.65. The Balaban J connectivity index is 3.70. The molecular weight excluding hydrogens is 166 g/mol. The Morgan fingerprint density at radius 3 is 2.55 bits per heavy atom. The van der Waals surface area contributed by atoms with Crippen LogP contribution >= 0.6 is 11.6 Å². The van der Waals surface area contributed by atoms with Crippen molar-refractivity contribution in [2.75, 3.05) is 5.88 Å². The van der Waals surface area contributed by atoms with Gasteiger partial charge in [0.25, 0.3) is 0 Å². The van der Waals surface area contributed by atoms with Gasteiger partial charge in [0, 0.05) is 5.88 Å². The molecule has 0 aromatic rings. The van der Waals surface area contributed by atoms with E-state index in [1.807, 2.05) is 13.8 Å². The maximum atomic E-state index is 10.3. The van der Waals surface area contributed by atoms with Crippen LogP contribution in [0.1, 0.15) is 26.7 Å². The van der Waals surface area contributed by atoms with Gasteiger partial charge in [0.15, 0.2) is 0 Å². The molecule has 0 aromatic heterocycles. The molecule has 0 saturated heterocycles. The molecule has 1 amide bonds. The number of nitrogens with two attached hydrogens (primary N) is 1. The highest BCUT2D eigenvalue weighted by Gasteiger charge is 2.20. The predicted octanol–water partition coefficient (Wildman–Crippen LogP) is 1.88. The maximum absolute atomic E-state index is 10.3. The van der Waals surface area contributed by atoms with Crippen LogP contribution in [0.5, 0.6) is 0 Å². The highest BCUT2D eigenvalue weighted by molar-refractivity contribution is 6.17. The summed E-state index contributed by atoms with van der Waals surface area (Å²) in [6.45, 7) is 3.62. The van der Waals surface area contributed by atoms with Crippen molar-refractivity contribution in [3.8, 4) is 0 Å².